The van der Waals surface area contributed by atoms with Crippen LogP contribution in [0.25, 0.3) is 0 Å². The number of amides is 1. The maximum Gasteiger partial charge on any atom is 0.573 e. The lowest BCUT2D eigenvalue weighted by molar-refractivity contribution is -0.274. The van der Waals surface area contributed by atoms with Crippen LogP contribution in [-0.2, 0) is 17.8 Å². The highest BCUT2D eigenvalue weighted by Gasteiger charge is 2.31. The molecule has 1 aliphatic heterocycles. The molecule has 10 heteroatoms. The van der Waals surface area contributed by atoms with Crippen molar-refractivity contribution in [1.82, 2.24) is 15.2 Å². The minimum atomic E-state index is -4.72. The highest BCUT2D eigenvalue weighted by molar-refractivity contribution is 7.13. The van der Waals surface area contributed by atoms with E-state index in [1.165, 1.54) is 41.2 Å². The molecule has 1 amide bonds. The minimum absolute atomic E-state index is 0.0630. The van der Waals surface area contributed by atoms with Gasteiger partial charge in [-0.2, -0.15) is 0 Å². The van der Waals surface area contributed by atoms with Crippen molar-refractivity contribution in [2.75, 3.05) is 18.4 Å². The summed E-state index contributed by atoms with van der Waals surface area (Å²) in [7, 11) is 0. The van der Waals surface area contributed by atoms with Crippen LogP contribution in [0.4, 0.5) is 24.0 Å². The second kappa shape index (κ2) is 10.9. The second-order valence-corrected chi connectivity index (χ2v) is 8.98. The van der Waals surface area contributed by atoms with E-state index in [9.17, 15) is 18.0 Å². The van der Waals surface area contributed by atoms with Gasteiger partial charge >= 0.3 is 6.36 Å². The van der Waals surface area contributed by atoms with Crippen molar-refractivity contribution in [2.45, 2.75) is 38.2 Å². The van der Waals surface area contributed by atoms with Crippen molar-refractivity contribution in [3.63, 3.8) is 0 Å². The van der Waals surface area contributed by atoms with Crippen LogP contribution < -0.4 is 15.4 Å². The van der Waals surface area contributed by atoms with Gasteiger partial charge < -0.3 is 15.4 Å². The average molecular weight is 491 g/mol. The molecular weight excluding hydrogens is 465 g/mol. The molecule has 180 valence electrons. The number of rotatable bonds is 8. The molecule has 0 bridgehead atoms. The van der Waals surface area contributed by atoms with Crippen molar-refractivity contribution < 1.29 is 22.7 Å². The molecule has 0 radical (unpaired) electrons. The van der Waals surface area contributed by atoms with Crippen molar-refractivity contribution in [3.8, 4) is 5.75 Å². The Morgan fingerprint density at radius 1 is 1.09 bits per heavy atom. The van der Waals surface area contributed by atoms with Crippen LogP contribution in [0.2, 0.25) is 0 Å². The number of ether oxygens (including phenoxy) is 1. The van der Waals surface area contributed by atoms with E-state index in [4.69, 9.17) is 0 Å². The summed E-state index contributed by atoms with van der Waals surface area (Å²) in [5, 5.41) is 8.49. The zero-order chi connectivity index (χ0) is 24.0. The normalized spacial score (nSPS) is 15.1. The number of nitrogens with zero attached hydrogens (tertiary/aromatic N) is 2. The number of nitrogens with one attached hydrogen (secondary N) is 2. The first-order chi connectivity index (χ1) is 16.3. The minimum Gasteiger partial charge on any atom is -0.406 e. The molecule has 1 saturated heterocycles. The Kier molecular flexibility index (Phi) is 7.69. The summed E-state index contributed by atoms with van der Waals surface area (Å²) < 4.78 is 40.6. The van der Waals surface area contributed by atoms with Gasteiger partial charge in [0.2, 0.25) is 5.91 Å². The van der Waals surface area contributed by atoms with E-state index < -0.39 is 6.36 Å². The Hall–Kier alpha value is -3.11. The van der Waals surface area contributed by atoms with Gasteiger partial charge in [0.1, 0.15) is 5.75 Å². The molecule has 0 unspecified atom stereocenters. The predicted molar refractivity (Wildman–Crippen MR) is 125 cm³/mol. The Morgan fingerprint density at radius 2 is 1.79 bits per heavy atom. The number of piperidine rings is 1. The van der Waals surface area contributed by atoms with E-state index in [0.29, 0.717) is 16.5 Å². The number of carbonyl (C=O) groups is 1. The number of alkyl halides is 3. The molecule has 0 saturated carbocycles. The topological polar surface area (TPSA) is 66.5 Å². The molecule has 4 rings (SSSR count). The van der Waals surface area contributed by atoms with Gasteiger partial charge in [-0.15, -0.1) is 24.5 Å². The van der Waals surface area contributed by atoms with Crippen LogP contribution in [0.1, 0.15) is 24.1 Å². The fourth-order valence-corrected chi connectivity index (χ4v) is 4.56. The van der Waals surface area contributed by atoms with Crippen molar-refractivity contribution >= 4 is 28.1 Å². The zero-order valence-corrected chi connectivity index (χ0v) is 19.2. The standard InChI is InChI=1S/C24H25F3N4O2S/c25-24(26,27)33-21-8-6-18(7-9-21)29-23-30-20(16-34-23)14-22(32)28-19-10-12-31(13-11-19)15-17-4-2-1-3-5-17/h1-9,16,19H,10-15H2,(H,28,32)(H,29,30). The van der Waals surface area contributed by atoms with Gasteiger partial charge in [0.05, 0.1) is 12.1 Å². The van der Waals surface area contributed by atoms with Crippen LogP contribution in [0.5, 0.6) is 5.75 Å². The maximum atomic E-state index is 12.5. The molecule has 1 fully saturated rings. The predicted octanol–water partition coefficient (Wildman–Crippen LogP) is 5.11. The molecule has 1 aromatic heterocycles. The van der Waals surface area contributed by atoms with Gasteiger partial charge in [-0.05, 0) is 42.7 Å². The van der Waals surface area contributed by atoms with Crippen LogP contribution in [-0.4, -0.2) is 41.3 Å². The maximum absolute atomic E-state index is 12.5. The van der Waals surface area contributed by atoms with Gasteiger partial charge in [-0.3, -0.25) is 9.69 Å². The Morgan fingerprint density at radius 3 is 2.47 bits per heavy atom. The first-order valence-corrected chi connectivity index (χ1v) is 11.8. The molecule has 2 N–H and O–H groups in total. The lowest BCUT2D eigenvalue weighted by atomic mass is 10.0. The molecule has 2 heterocycles. The largest absolute Gasteiger partial charge is 0.573 e. The third-order valence-corrected chi connectivity index (χ3v) is 6.24. The number of thiazole rings is 1. The Balaban J connectivity index is 1.20. The number of carbonyl (C=O) groups excluding carboxylic acids is 1. The van der Waals surface area contributed by atoms with E-state index in [1.807, 2.05) is 18.2 Å². The highest BCUT2D eigenvalue weighted by Crippen LogP contribution is 2.26. The SMILES string of the molecule is O=C(Cc1csc(Nc2ccc(OC(F)(F)F)cc2)n1)NC1CCN(Cc2ccccc2)CC1. The summed E-state index contributed by atoms with van der Waals surface area (Å²) in [6.45, 7) is 2.81. The molecular formula is C24H25F3N4O2S. The number of anilines is 2. The third kappa shape index (κ3) is 7.46. The first-order valence-electron chi connectivity index (χ1n) is 11.0. The summed E-state index contributed by atoms with van der Waals surface area (Å²) in [4.78, 5) is 19.3. The molecule has 1 aliphatic rings. The number of hydrogen-bond acceptors (Lipinski definition) is 6. The molecule has 3 aromatic rings. The Labute approximate surface area is 199 Å². The summed E-state index contributed by atoms with van der Waals surface area (Å²) >= 11 is 1.33. The molecule has 0 atom stereocenters. The van der Waals surface area contributed by atoms with Gasteiger partial charge in [0.15, 0.2) is 5.13 Å². The molecule has 6 nitrogen and oxygen atoms in total. The first kappa shape index (κ1) is 24.0. The third-order valence-electron chi connectivity index (χ3n) is 5.43. The summed E-state index contributed by atoms with van der Waals surface area (Å²) in [5.41, 5.74) is 2.51. The number of halogens is 3. The molecule has 34 heavy (non-hydrogen) atoms. The molecule has 0 aliphatic carbocycles. The number of aromatic nitrogens is 1. The summed E-state index contributed by atoms with van der Waals surface area (Å²) in [6.07, 6.45) is -2.72. The lowest BCUT2D eigenvalue weighted by Gasteiger charge is -2.32. The number of benzene rings is 2. The smallest absolute Gasteiger partial charge is 0.406 e. The van der Waals surface area contributed by atoms with E-state index in [0.717, 1.165) is 32.5 Å². The van der Waals surface area contributed by atoms with Crippen molar-refractivity contribution in [2.24, 2.45) is 0 Å². The Bertz CT molecular complexity index is 1070. The fraction of sp³-hybridized carbons (Fsp3) is 0.333. The number of likely N-dealkylation sites (tertiary alicyclic amines) is 1. The fourth-order valence-electron chi connectivity index (χ4n) is 3.83. The van der Waals surface area contributed by atoms with Gasteiger partial charge in [0.25, 0.3) is 0 Å². The van der Waals surface area contributed by atoms with Gasteiger partial charge in [-0.1, -0.05) is 30.3 Å². The average Bonchev–Trinajstić information content (AvgIpc) is 3.22. The monoisotopic (exact) mass is 490 g/mol. The van der Waals surface area contributed by atoms with Gasteiger partial charge in [-0.25, -0.2) is 4.98 Å². The summed E-state index contributed by atoms with van der Waals surface area (Å²) in [5.74, 6) is -0.354. The number of hydrogen-bond donors (Lipinski definition) is 2. The quantitative estimate of drug-likeness (QED) is 0.460. The van der Waals surface area contributed by atoms with E-state index >= 15 is 0 Å². The van der Waals surface area contributed by atoms with E-state index in [1.54, 1.807) is 5.38 Å². The molecule has 2 aromatic carbocycles. The second-order valence-electron chi connectivity index (χ2n) is 8.12. The van der Waals surface area contributed by atoms with Crippen LogP contribution in [0.3, 0.4) is 0 Å². The van der Waals surface area contributed by atoms with Crippen molar-refractivity contribution in [1.29, 1.82) is 0 Å². The molecule has 0 spiro atoms. The zero-order valence-electron chi connectivity index (χ0n) is 18.3. The summed E-state index contributed by atoms with van der Waals surface area (Å²) in [6, 6.07) is 15.9. The highest BCUT2D eigenvalue weighted by atomic mass is 32.1. The van der Waals surface area contributed by atoms with Gasteiger partial charge in [0, 0.05) is 36.7 Å². The van der Waals surface area contributed by atoms with Crippen molar-refractivity contribution in [3.05, 3.63) is 71.2 Å². The van der Waals surface area contributed by atoms with Crippen LogP contribution in [0.15, 0.2) is 60.0 Å². The lowest BCUT2D eigenvalue weighted by Crippen LogP contribution is -2.44. The van der Waals surface area contributed by atoms with E-state index in [-0.39, 0.29) is 24.1 Å². The van der Waals surface area contributed by atoms with Crippen LogP contribution in [0, 0.1) is 0 Å². The van der Waals surface area contributed by atoms with Crippen LogP contribution >= 0.6 is 11.3 Å². The van der Waals surface area contributed by atoms with E-state index in [2.05, 4.69) is 37.4 Å².